The topological polar surface area (TPSA) is 19.0 Å². The van der Waals surface area contributed by atoms with Gasteiger partial charge < -0.3 is 14.5 Å². The molecule has 3 rings (SSSR count). The molecule has 3 aliphatic rings. The molecule has 3 aliphatic heterocycles. The molecular weight excluding hydrogens is 406 g/mol. The average molecular weight is 466 g/mol. The Morgan fingerprint density at radius 3 is 1.70 bits per heavy atom. The maximum atomic E-state index is 5.93. The Morgan fingerprint density at radius 2 is 1.24 bits per heavy atom. The third kappa shape index (κ3) is 10.5. The van der Waals surface area contributed by atoms with Crippen LogP contribution in [0.4, 0.5) is 0 Å². The van der Waals surface area contributed by atoms with Crippen molar-refractivity contribution in [2.75, 3.05) is 45.9 Å². The van der Waals surface area contributed by atoms with E-state index in [1.54, 1.807) is 0 Å². The lowest BCUT2D eigenvalue weighted by Crippen LogP contribution is -2.46. The van der Waals surface area contributed by atoms with Crippen molar-refractivity contribution in [2.45, 2.75) is 125 Å². The Labute approximate surface area is 207 Å². The Bertz CT molecular complexity index is 491. The lowest BCUT2D eigenvalue weighted by atomic mass is 9.95. The van der Waals surface area contributed by atoms with Crippen molar-refractivity contribution in [1.82, 2.24) is 14.7 Å². The molecule has 0 radical (unpaired) electrons. The number of piperidine rings is 2. The highest BCUT2D eigenvalue weighted by Gasteiger charge is 2.32. The Hall–Kier alpha value is -0.160. The first-order valence-electron chi connectivity index (χ1n) is 14.5. The van der Waals surface area contributed by atoms with Crippen molar-refractivity contribution in [3.63, 3.8) is 0 Å². The van der Waals surface area contributed by atoms with Gasteiger partial charge in [-0.15, -0.1) is 0 Å². The minimum Gasteiger partial charge on any atom is -0.378 e. The third-order valence-electron chi connectivity index (χ3n) is 8.43. The fraction of sp³-hybridized carbons (Fsp3) is 1.00. The van der Waals surface area contributed by atoms with E-state index in [0.29, 0.717) is 12.1 Å². The molecule has 0 N–H and O–H groups in total. The SMILES string of the molecule is CC(C)C1CCN(C2CCN(C(C)C)CC2)C1.CC(C)CCCOC1CCN(C(C)C)CC1. The minimum atomic E-state index is 0.530. The van der Waals surface area contributed by atoms with E-state index in [4.69, 9.17) is 4.74 Å². The molecule has 4 heteroatoms. The molecular formula is C29H59N3O. The van der Waals surface area contributed by atoms with Crippen molar-refractivity contribution < 1.29 is 4.74 Å². The average Bonchev–Trinajstić information content (AvgIpc) is 3.28. The molecule has 0 spiro atoms. The summed E-state index contributed by atoms with van der Waals surface area (Å²) in [5.41, 5.74) is 0. The van der Waals surface area contributed by atoms with Gasteiger partial charge in [0, 0.05) is 44.4 Å². The maximum Gasteiger partial charge on any atom is 0.0599 e. The van der Waals surface area contributed by atoms with Crippen molar-refractivity contribution in [3.05, 3.63) is 0 Å². The summed E-state index contributed by atoms with van der Waals surface area (Å²) in [6.45, 7) is 27.3. The molecule has 0 aliphatic carbocycles. The van der Waals surface area contributed by atoms with Gasteiger partial charge in [-0.2, -0.15) is 0 Å². The molecule has 0 bridgehead atoms. The van der Waals surface area contributed by atoms with E-state index >= 15 is 0 Å². The molecule has 0 aromatic heterocycles. The number of likely N-dealkylation sites (tertiary alicyclic amines) is 3. The molecule has 3 saturated heterocycles. The summed E-state index contributed by atoms with van der Waals surface area (Å²) in [4.78, 5) is 7.96. The van der Waals surface area contributed by atoms with Crippen LogP contribution in [0.3, 0.4) is 0 Å². The number of rotatable bonds is 9. The lowest BCUT2D eigenvalue weighted by Gasteiger charge is -2.38. The highest BCUT2D eigenvalue weighted by Crippen LogP contribution is 2.28. The molecule has 0 amide bonds. The highest BCUT2D eigenvalue weighted by molar-refractivity contribution is 4.86. The van der Waals surface area contributed by atoms with Crippen molar-refractivity contribution in [3.8, 4) is 0 Å². The van der Waals surface area contributed by atoms with Crippen LogP contribution >= 0.6 is 0 Å². The molecule has 0 aromatic rings. The molecule has 33 heavy (non-hydrogen) atoms. The molecule has 0 aromatic carbocycles. The molecule has 1 unspecified atom stereocenters. The minimum absolute atomic E-state index is 0.530. The lowest BCUT2D eigenvalue weighted by molar-refractivity contribution is -0.000759. The van der Waals surface area contributed by atoms with Gasteiger partial charge >= 0.3 is 0 Å². The van der Waals surface area contributed by atoms with Gasteiger partial charge in [0.15, 0.2) is 0 Å². The normalized spacial score (nSPS) is 24.9. The summed E-state index contributed by atoms with van der Waals surface area (Å²) in [6, 6.07) is 2.31. The van der Waals surface area contributed by atoms with Gasteiger partial charge in [-0.05, 0) is 110 Å². The smallest absolute Gasteiger partial charge is 0.0599 e. The van der Waals surface area contributed by atoms with Gasteiger partial charge in [0.1, 0.15) is 0 Å². The molecule has 3 fully saturated rings. The van der Waals surface area contributed by atoms with E-state index in [-0.39, 0.29) is 0 Å². The van der Waals surface area contributed by atoms with Crippen LogP contribution in [-0.2, 0) is 4.74 Å². The van der Waals surface area contributed by atoms with Crippen LogP contribution in [0, 0.1) is 17.8 Å². The van der Waals surface area contributed by atoms with E-state index < -0.39 is 0 Å². The number of nitrogens with zero attached hydrogens (tertiary/aromatic N) is 3. The van der Waals surface area contributed by atoms with Crippen molar-refractivity contribution in [2.24, 2.45) is 17.8 Å². The standard InChI is InChI=1S/C15H30N2.C14H29NO/c1-12(2)14-5-8-17(11-14)15-6-9-16(10-7-15)13(3)4;1-12(2)6-5-11-16-14-7-9-15(10-8-14)13(3)4/h12-15H,5-11H2,1-4H3;12-14H,5-11H2,1-4H3. The molecule has 0 saturated carbocycles. The van der Waals surface area contributed by atoms with Gasteiger partial charge in [0.05, 0.1) is 6.10 Å². The Kier molecular flexibility index (Phi) is 13.3. The van der Waals surface area contributed by atoms with Gasteiger partial charge in [0.25, 0.3) is 0 Å². The predicted octanol–water partition coefficient (Wildman–Crippen LogP) is 6.15. The predicted molar refractivity (Wildman–Crippen MR) is 144 cm³/mol. The Morgan fingerprint density at radius 1 is 0.697 bits per heavy atom. The van der Waals surface area contributed by atoms with Crippen LogP contribution < -0.4 is 0 Å². The van der Waals surface area contributed by atoms with Crippen LogP contribution in [0.25, 0.3) is 0 Å². The van der Waals surface area contributed by atoms with Crippen LogP contribution in [0.2, 0.25) is 0 Å². The zero-order valence-corrected chi connectivity index (χ0v) is 23.7. The fourth-order valence-electron chi connectivity index (χ4n) is 5.76. The Balaban J connectivity index is 0.000000234. The van der Waals surface area contributed by atoms with E-state index in [1.807, 2.05) is 0 Å². The van der Waals surface area contributed by atoms with Gasteiger partial charge in [0.2, 0.25) is 0 Å². The van der Waals surface area contributed by atoms with Crippen LogP contribution in [-0.4, -0.2) is 84.8 Å². The first kappa shape index (κ1) is 29.1. The molecule has 1 atom stereocenters. The second-order valence-corrected chi connectivity index (χ2v) is 12.4. The van der Waals surface area contributed by atoms with Crippen LogP contribution in [0.1, 0.15) is 100 Å². The van der Waals surface area contributed by atoms with E-state index in [2.05, 4.69) is 70.1 Å². The summed E-state index contributed by atoms with van der Waals surface area (Å²) in [5, 5.41) is 0. The molecule has 4 nitrogen and oxygen atoms in total. The monoisotopic (exact) mass is 465 g/mol. The van der Waals surface area contributed by atoms with Crippen molar-refractivity contribution in [1.29, 1.82) is 0 Å². The molecule has 3 heterocycles. The summed E-state index contributed by atoms with van der Waals surface area (Å²) in [6.07, 6.45) is 9.71. The fourth-order valence-corrected chi connectivity index (χ4v) is 5.76. The van der Waals surface area contributed by atoms with Crippen LogP contribution in [0.5, 0.6) is 0 Å². The second-order valence-electron chi connectivity index (χ2n) is 12.4. The number of hydrogen-bond donors (Lipinski definition) is 0. The van der Waals surface area contributed by atoms with E-state index in [9.17, 15) is 0 Å². The summed E-state index contributed by atoms with van der Waals surface area (Å²) >= 11 is 0. The maximum absolute atomic E-state index is 5.93. The van der Waals surface area contributed by atoms with Crippen molar-refractivity contribution >= 4 is 0 Å². The first-order chi connectivity index (χ1) is 15.7. The number of ether oxygens (including phenoxy) is 1. The van der Waals surface area contributed by atoms with E-state index in [1.165, 1.54) is 84.2 Å². The molecule has 196 valence electrons. The summed E-state index contributed by atoms with van der Waals surface area (Å²) < 4.78 is 5.93. The second kappa shape index (κ2) is 15.1. The third-order valence-corrected chi connectivity index (χ3v) is 8.43. The van der Waals surface area contributed by atoms with E-state index in [0.717, 1.165) is 36.4 Å². The highest BCUT2D eigenvalue weighted by atomic mass is 16.5. The largest absolute Gasteiger partial charge is 0.378 e. The first-order valence-corrected chi connectivity index (χ1v) is 14.5. The zero-order valence-electron chi connectivity index (χ0n) is 23.7. The summed E-state index contributed by atoms with van der Waals surface area (Å²) in [5.74, 6) is 2.64. The zero-order chi connectivity index (χ0) is 24.4. The van der Waals surface area contributed by atoms with Gasteiger partial charge in [-0.3, -0.25) is 4.90 Å². The quantitative estimate of drug-likeness (QED) is 0.380. The summed E-state index contributed by atoms with van der Waals surface area (Å²) in [7, 11) is 0. The van der Waals surface area contributed by atoms with Gasteiger partial charge in [-0.25, -0.2) is 0 Å². The number of hydrogen-bond acceptors (Lipinski definition) is 4. The van der Waals surface area contributed by atoms with Gasteiger partial charge in [-0.1, -0.05) is 27.7 Å². The van der Waals surface area contributed by atoms with Crippen LogP contribution in [0.15, 0.2) is 0 Å².